The second-order valence-corrected chi connectivity index (χ2v) is 11.0. The Hall–Kier alpha value is -2.58. The topological polar surface area (TPSA) is 125 Å². The van der Waals surface area contributed by atoms with E-state index in [-0.39, 0.29) is 16.9 Å². The molecule has 1 saturated heterocycles. The van der Waals surface area contributed by atoms with Crippen LogP contribution in [0.4, 0.5) is 33.3 Å². The molecule has 0 spiro atoms. The predicted molar refractivity (Wildman–Crippen MR) is 117 cm³/mol. The lowest BCUT2D eigenvalue weighted by Crippen LogP contribution is -2.37. The lowest BCUT2D eigenvalue weighted by molar-refractivity contribution is -0.155. The largest absolute Gasteiger partial charge is 0.493 e. The van der Waals surface area contributed by atoms with Gasteiger partial charge < -0.3 is 15.8 Å². The van der Waals surface area contributed by atoms with E-state index in [1.807, 2.05) is 0 Å². The number of alkyl halides is 3. The van der Waals surface area contributed by atoms with Crippen LogP contribution in [0.25, 0.3) is 0 Å². The summed E-state index contributed by atoms with van der Waals surface area (Å²) in [4.78, 5) is 12.6. The Bertz CT molecular complexity index is 1240. The van der Waals surface area contributed by atoms with Gasteiger partial charge in [-0.05, 0) is 37.6 Å². The molecular formula is C20H20F5N3O4S2. The van der Waals surface area contributed by atoms with Crippen molar-refractivity contribution in [3.05, 3.63) is 47.5 Å². The number of nitrogens with one attached hydrogen (secondary N) is 1. The highest BCUT2D eigenvalue weighted by Crippen LogP contribution is 2.59. The molecule has 1 amide bonds. The number of benzene rings is 2. The van der Waals surface area contributed by atoms with E-state index in [0.717, 1.165) is 38.3 Å². The van der Waals surface area contributed by atoms with Crippen molar-refractivity contribution >= 4 is 39.1 Å². The first-order chi connectivity index (χ1) is 15.6. The number of nitrogen functional groups attached to an aromatic ring is 1. The Kier molecular flexibility index (Phi) is 6.81. The number of nitrogens with two attached hydrogens (primary N) is 2. The zero-order valence-electron chi connectivity index (χ0n) is 17.7. The van der Waals surface area contributed by atoms with Crippen LogP contribution in [0, 0.1) is 11.6 Å². The smallest absolute Gasteiger partial charge is 0.403 e. The minimum Gasteiger partial charge on any atom is -0.493 e. The lowest BCUT2D eigenvalue weighted by Gasteiger charge is -2.26. The number of carbonyl (C=O) groups is 1. The van der Waals surface area contributed by atoms with Gasteiger partial charge in [0.05, 0.1) is 18.0 Å². The normalized spacial score (nSPS) is 23.1. The van der Waals surface area contributed by atoms with E-state index in [4.69, 9.17) is 15.6 Å². The fourth-order valence-corrected chi connectivity index (χ4v) is 5.98. The molecule has 1 heterocycles. The Morgan fingerprint density at radius 3 is 2.44 bits per heavy atom. The van der Waals surface area contributed by atoms with E-state index in [1.54, 1.807) is 0 Å². The summed E-state index contributed by atoms with van der Waals surface area (Å²) in [6.45, 7) is 0.909. The number of rotatable bonds is 5. The fourth-order valence-electron chi connectivity index (χ4n) is 3.75. The first-order valence-electron chi connectivity index (χ1n) is 9.58. The number of sulfonamides is 1. The zero-order chi connectivity index (χ0) is 25.6. The van der Waals surface area contributed by atoms with Crippen LogP contribution >= 0.6 is 11.8 Å². The maximum Gasteiger partial charge on any atom is 0.403 e. The molecule has 0 saturated carbocycles. The van der Waals surface area contributed by atoms with Gasteiger partial charge in [0.15, 0.2) is 11.6 Å². The standard InChI is InChI=1S/C20H20F5N3O4S2/c1-19(20(23,24)25)8-11(10-4-5-12(21)15(22)16(10)32-2)17(33-19)18(29)28-9-3-6-13(26)14(7-9)34(27,30)31/h3-7,11,17H,8,26H2,1-2H3,(H,28,29)(H2,27,30,31)/t11-,17+,19+/m0/s1. The number of amides is 1. The molecule has 186 valence electrons. The third-order valence-corrected chi connectivity index (χ3v) is 8.17. The Morgan fingerprint density at radius 1 is 1.24 bits per heavy atom. The molecule has 1 fully saturated rings. The first-order valence-corrected chi connectivity index (χ1v) is 12.0. The quantitative estimate of drug-likeness (QED) is 0.404. The number of primary sulfonamides is 1. The Labute approximate surface area is 196 Å². The molecule has 1 aliphatic rings. The highest BCUT2D eigenvalue weighted by Gasteiger charge is 2.60. The van der Waals surface area contributed by atoms with Crippen LogP contribution in [0.3, 0.4) is 0 Å². The number of anilines is 2. The van der Waals surface area contributed by atoms with Crippen LogP contribution in [0.5, 0.6) is 5.75 Å². The van der Waals surface area contributed by atoms with Crippen molar-refractivity contribution in [3.8, 4) is 5.75 Å². The second kappa shape index (κ2) is 8.89. The van der Waals surface area contributed by atoms with Crippen molar-refractivity contribution < 1.29 is 39.9 Å². The van der Waals surface area contributed by atoms with E-state index in [9.17, 15) is 35.2 Å². The van der Waals surface area contributed by atoms with E-state index in [0.29, 0.717) is 11.8 Å². The molecule has 0 bridgehead atoms. The van der Waals surface area contributed by atoms with Gasteiger partial charge in [-0.15, -0.1) is 11.8 Å². The van der Waals surface area contributed by atoms with Gasteiger partial charge in [0.2, 0.25) is 21.7 Å². The maximum atomic E-state index is 14.3. The van der Waals surface area contributed by atoms with Gasteiger partial charge >= 0.3 is 6.18 Å². The summed E-state index contributed by atoms with van der Waals surface area (Å²) in [6.07, 6.45) is -5.34. The van der Waals surface area contributed by atoms with Gasteiger partial charge in [-0.1, -0.05) is 6.07 Å². The number of hydrogen-bond acceptors (Lipinski definition) is 6. The molecule has 2 aromatic carbocycles. The van der Waals surface area contributed by atoms with E-state index < -0.39 is 66.7 Å². The van der Waals surface area contributed by atoms with Gasteiger partial charge in [-0.3, -0.25) is 4.79 Å². The van der Waals surface area contributed by atoms with Gasteiger partial charge in [-0.25, -0.2) is 17.9 Å². The highest BCUT2D eigenvalue weighted by molar-refractivity contribution is 8.02. The van der Waals surface area contributed by atoms with E-state index >= 15 is 0 Å². The molecule has 5 N–H and O–H groups in total. The average molecular weight is 526 g/mol. The summed E-state index contributed by atoms with van der Waals surface area (Å²) in [7, 11) is -3.21. The molecule has 3 rings (SSSR count). The summed E-state index contributed by atoms with van der Waals surface area (Å²) in [5.41, 5.74) is 5.21. The average Bonchev–Trinajstić information content (AvgIpc) is 3.09. The summed E-state index contributed by atoms with van der Waals surface area (Å²) >= 11 is 0.316. The minimum absolute atomic E-state index is 0.0829. The first kappa shape index (κ1) is 26.0. The molecule has 0 aromatic heterocycles. The molecule has 34 heavy (non-hydrogen) atoms. The van der Waals surface area contributed by atoms with Crippen LogP contribution in [-0.4, -0.2) is 37.6 Å². The van der Waals surface area contributed by atoms with Crippen molar-refractivity contribution in [2.75, 3.05) is 18.2 Å². The van der Waals surface area contributed by atoms with Crippen molar-refractivity contribution in [1.29, 1.82) is 0 Å². The van der Waals surface area contributed by atoms with E-state index in [2.05, 4.69) is 5.32 Å². The molecule has 14 heteroatoms. The summed E-state index contributed by atoms with van der Waals surface area (Å²) in [6, 6.07) is 5.20. The second-order valence-electron chi connectivity index (χ2n) is 7.85. The highest BCUT2D eigenvalue weighted by atomic mass is 32.2. The van der Waals surface area contributed by atoms with Crippen LogP contribution in [0.15, 0.2) is 35.2 Å². The lowest BCUT2D eigenvalue weighted by atomic mass is 9.85. The maximum absolute atomic E-state index is 14.3. The van der Waals surface area contributed by atoms with Gasteiger partial charge in [-0.2, -0.15) is 17.6 Å². The van der Waals surface area contributed by atoms with Gasteiger partial charge in [0.25, 0.3) is 0 Å². The third kappa shape index (κ3) is 4.79. The number of hydrogen-bond donors (Lipinski definition) is 3. The number of ether oxygens (including phenoxy) is 1. The van der Waals surface area contributed by atoms with Crippen LogP contribution in [0.1, 0.15) is 24.8 Å². The van der Waals surface area contributed by atoms with Gasteiger partial charge in [0.1, 0.15) is 9.64 Å². The molecular weight excluding hydrogens is 505 g/mol. The number of methoxy groups -OCH3 is 1. The predicted octanol–water partition coefficient (Wildman–Crippen LogP) is 3.75. The molecule has 0 radical (unpaired) electrons. The fraction of sp³-hybridized carbons (Fsp3) is 0.350. The van der Waals surface area contributed by atoms with Crippen LogP contribution < -0.4 is 20.9 Å². The van der Waals surface area contributed by atoms with Gasteiger partial charge in [0, 0.05) is 17.2 Å². The molecule has 1 aliphatic heterocycles. The molecule has 0 unspecified atom stereocenters. The minimum atomic E-state index is -4.72. The summed E-state index contributed by atoms with van der Waals surface area (Å²) < 4.78 is 95.4. The monoisotopic (exact) mass is 525 g/mol. The Balaban J connectivity index is 2.04. The van der Waals surface area contributed by atoms with Crippen molar-refractivity contribution in [3.63, 3.8) is 0 Å². The SMILES string of the molecule is COc1c([C@@H]2C[C@](C)(C(F)(F)F)S[C@H]2C(=O)Nc2ccc(N)c(S(N)(=O)=O)c2)ccc(F)c1F. The van der Waals surface area contributed by atoms with Crippen LogP contribution in [0.2, 0.25) is 0 Å². The van der Waals surface area contributed by atoms with Crippen molar-refractivity contribution in [1.82, 2.24) is 0 Å². The molecule has 0 aliphatic carbocycles. The van der Waals surface area contributed by atoms with E-state index in [1.165, 1.54) is 6.07 Å². The number of halogens is 5. The summed E-state index contributed by atoms with van der Waals surface area (Å²) in [5, 5.41) is 6.04. The molecule has 7 nitrogen and oxygen atoms in total. The Morgan fingerprint density at radius 2 is 1.88 bits per heavy atom. The zero-order valence-corrected chi connectivity index (χ0v) is 19.4. The molecule has 2 aromatic rings. The van der Waals surface area contributed by atoms with Crippen LogP contribution in [-0.2, 0) is 14.8 Å². The summed E-state index contributed by atoms with van der Waals surface area (Å²) in [5.74, 6) is -5.38. The number of thioether (sulfide) groups is 1. The molecule has 3 atom stereocenters. The van der Waals surface area contributed by atoms with Crippen molar-refractivity contribution in [2.45, 2.75) is 40.3 Å². The number of carbonyl (C=O) groups excluding carboxylic acids is 1. The van der Waals surface area contributed by atoms with Crippen molar-refractivity contribution in [2.24, 2.45) is 5.14 Å². The third-order valence-electron chi connectivity index (χ3n) is 5.49.